The van der Waals surface area contributed by atoms with Crippen LogP contribution in [-0.4, -0.2) is 10.3 Å². The van der Waals surface area contributed by atoms with E-state index in [1.165, 1.54) is 12.3 Å². The standard InChI is InChI=1S/C8H6BrFN2/c9-3-1-2-6-4-7(10)8(11)12-5-6/h4-5H,3H2,(H2,11,12). The highest BCUT2D eigenvalue weighted by atomic mass is 79.9. The third-order valence-electron chi connectivity index (χ3n) is 1.17. The number of anilines is 1. The first-order chi connectivity index (χ1) is 5.74. The maximum absolute atomic E-state index is 12.7. The van der Waals surface area contributed by atoms with E-state index in [4.69, 9.17) is 5.73 Å². The largest absolute Gasteiger partial charge is 0.381 e. The van der Waals surface area contributed by atoms with Gasteiger partial charge in [-0.2, -0.15) is 0 Å². The summed E-state index contributed by atoms with van der Waals surface area (Å²) in [5.41, 5.74) is 5.70. The molecular weight excluding hydrogens is 223 g/mol. The fourth-order valence-electron chi connectivity index (χ4n) is 0.652. The number of nitrogen functional groups attached to an aromatic ring is 1. The Kier molecular flexibility index (Phi) is 3.06. The van der Waals surface area contributed by atoms with Gasteiger partial charge in [0.25, 0.3) is 0 Å². The zero-order chi connectivity index (χ0) is 8.97. The molecule has 0 aliphatic rings. The van der Waals surface area contributed by atoms with Crippen molar-refractivity contribution in [3.8, 4) is 11.8 Å². The fourth-order valence-corrected chi connectivity index (χ4v) is 0.792. The molecule has 0 aliphatic heterocycles. The monoisotopic (exact) mass is 228 g/mol. The predicted molar refractivity (Wildman–Crippen MR) is 49.3 cm³/mol. The maximum atomic E-state index is 12.7. The molecule has 0 amide bonds. The van der Waals surface area contributed by atoms with Crippen molar-refractivity contribution in [2.75, 3.05) is 11.1 Å². The van der Waals surface area contributed by atoms with E-state index in [2.05, 4.69) is 32.8 Å². The second kappa shape index (κ2) is 4.07. The van der Waals surface area contributed by atoms with Crippen LogP contribution in [0, 0.1) is 17.7 Å². The van der Waals surface area contributed by atoms with E-state index in [1.54, 1.807) is 0 Å². The van der Waals surface area contributed by atoms with Crippen LogP contribution in [0.25, 0.3) is 0 Å². The van der Waals surface area contributed by atoms with Crippen molar-refractivity contribution < 1.29 is 4.39 Å². The number of hydrogen-bond acceptors (Lipinski definition) is 2. The second-order valence-electron chi connectivity index (χ2n) is 2.03. The number of hydrogen-bond donors (Lipinski definition) is 1. The molecule has 0 radical (unpaired) electrons. The minimum absolute atomic E-state index is 0.0978. The van der Waals surface area contributed by atoms with Gasteiger partial charge in [0.15, 0.2) is 11.6 Å². The second-order valence-corrected chi connectivity index (χ2v) is 2.59. The normalized spacial score (nSPS) is 8.83. The molecule has 1 aromatic heterocycles. The molecule has 0 fully saturated rings. The number of pyridine rings is 1. The number of nitrogens with two attached hydrogens (primary N) is 1. The summed E-state index contributed by atoms with van der Waals surface area (Å²) in [5, 5.41) is 0.555. The Labute approximate surface area is 78.1 Å². The summed E-state index contributed by atoms with van der Waals surface area (Å²) in [6.45, 7) is 0. The van der Waals surface area contributed by atoms with Gasteiger partial charge < -0.3 is 5.73 Å². The van der Waals surface area contributed by atoms with Gasteiger partial charge in [0.1, 0.15) is 0 Å². The molecule has 0 atom stereocenters. The lowest BCUT2D eigenvalue weighted by atomic mass is 10.3. The fraction of sp³-hybridized carbons (Fsp3) is 0.125. The van der Waals surface area contributed by atoms with Crippen molar-refractivity contribution in [2.24, 2.45) is 0 Å². The van der Waals surface area contributed by atoms with E-state index < -0.39 is 5.82 Å². The van der Waals surface area contributed by atoms with Gasteiger partial charge in [-0.3, -0.25) is 0 Å². The first kappa shape index (κ1) is 9.01. The van der Waals surface area contributed by atoms with Gasteiger partial charge in [0, 0.05) is 11.8 Å². The lowest BCUT2D eigenvalue weighted by Crippen LogP contribution is -1.94. The summed E-state index contributed by atoms with van der Waals surface area (Å²) in [7, 11) is 0. The van der Waals surface area contributed by atoms with E-state index in [1.807, 2.05) is 0 Å². The Balaban J connectivity index is 2.97. The van der Waals surface area contributed by atoms with Crippen molar-refractivity contribution in [3.63, 3.8) is 0 Å². The van der Waals surface area contributed by atoms with Crippen molar-refractivity contribution in [1.82, 2.24) is 4.98 Å². The molecule has 2 N–H and O–H groups in total. The Morgan fingerprint density at radius 2 is 2.42 bits per heavy atom. The zero-order valence-electron chi connectivity index (χ0n) is 6.14. The molecule has 1 heterocycles. The molecule has 4 heteroatoms. The molecule has 0 spiro atoms. The van der Waals surface area contributed by atoms with Gasteiger partial charge in [-0.1, -0.05) is 27.8 Å². The predicted octanol–water partition coefficient (Wildman–Crippen LogP) is 1.55. The van der Waals surface area contributed by atoms with E-state index in [0.717, 1.165) is 0 Å². The van der Waals surface area contributed by atoms with Crippen LogP contribution in [0.5, 0.6) is 0 Å². The molecule has 0 bridgehead atoms. The summed E-state index contributed by atoms with van der Waals surface area (Å²) >= 11 is 3.13. The summed E-state index contributed by atoms with van der Waals surface area (Å²) in [5.74, 6) is 4.81. The Morgan fingerprint density at radius 1 is 1.67 bits per heavy atom. The molecule has 0 saturated carbocycles. The molecule has 0 aliphatic carbocycles. The summed E-state index contributed by atoms with van der Waals surface area (Å²) in [4.78, 5) is 3.62. The summed E-state index contributed by atoms with van der Waals surface area (Å²) < 4.78 is 12.7. The van der Waals surface area contributed by atoms with Gasteiger partial charge in [0.05, 0.1) is 5.33 Å². The number of nitrogens with zero attached hydrogens (tertiary/aromatic N) is 1. The van der Waals surface area contributed by atoms with Crippen LogP contribution in [0.3, 0.4) is 0 Å². The lowest BCUT2D eigenvalue weighted by molar-refractivity contribution is 0.627. The zero-order valence-corrected chi connectivity index (χ0v) is 7.73. The minimum atomic E-state index is -0.531. The quantitative estimate of drug-likeness (QED) is 0.541. The van der Waals surface area contributed by atoms with E-state index in [9.17, 15) is 4.39 Å². The third kappa shape index (κ3) is 2.21. The highest BCUT2D eigenvalue weighted by Gasteiger charge is 1.98. The highest BCUT2D eigenvalue weighted by Crippen LogP contribution is 2.06. The Bertz CT molecular complexity index is 341. The Morgan fingerprint density at radius 3 is 3.00 bits per heavy atom. The van der Waals surface area contributed by atoms with Crippen LogP contribution in [0.15, 0.2) is 12.3 Å². The maximum Gasteiger partial charge on any atom is 0.166 e. The van der Waals surface area contributed by atoms with Gasteiger partial charge in [0.2, 0.25) is 0 Å². The third-order valence-corrected chi connectivity index (χ3v) is 1.45. The van der Waals surface area contributed by atoms with Crippen molar-refractivity contribution in [1.29, 1.82) is 0 Å². The molecule has 12 heavy (non-hydrogen) atoms. The summed E-state index contributed by atoms with van der Waals surface area (Å²) in [6.07, 6.45) is 1.44. The van der Waals surface area contributed by atoms with Crippen LogP contribution in [0.2, 0.25) is 0 Å². The average molecular weight is 229 g/mol. The van der Waals surface area contributed by atoms with Gasteiger partial charge in [-0.25, -0.2) is 9.37 Å². The van der Waals surface area contributed by atoms with Crippen LogP contribution >= 0.6 is 15.9 Å². The van der Waals surface area contributed by atoms with Gasteiger partial charge in [-0.15, -0.1) is 0 Å². The minimum Gasteiger partial charge on any atom is -0.381 e. The molecule has 1 rings (SSSR count). The van der Waals surface area contributed by atoms with Crippen molar-refractivity contribution >= 4 is 21.7 Å². The number of halogens is 2. The van der Waals surface area contributed by atoms with E-state index in [0.29, 0.717) is 10.9 Å². The average Bonchev–Trinajstić information content (AvgIpc) is 2.07. The van der Waals surface area contributed by atoms with Crippen LogP contribution < -0.4 is 5.73 Å². The molecular formula is C8H6BrFN2. The van der Waals surface area contributed by atoms with Crippen LogP contribution in [0.1, 0.15) is 5.56 Å². The highest BCUT2D eigenvalue weighted by molar-refractivity contribution is 9.09. The number of rotatable bonds is 0. The number of alkyl halides is 1. The lowest BCUT2D eigenvalue weighted by Gasteiger charge is -1.94. The molecule has 0 saturated heterocycles. The van der Waals surface area contributed by atoms with E-state index >= 15 is 0 Å². The molecule has 2 nitrogen and oxygen atoms in total. The van der Waals surface area contributed by atoms with Crippen molar-refractivity contribution in [3.05, 3.63) is 23.6 Å². The van der Waals surface area contributed by atoms with E-state index in [-0.39, 0.29) is 5.82 Å². The first-order valence-corrected chi connectivity index (χ1v) is 4.32. The molecule has 0 unspecified atom stereocenters. The first-order valence-electron chi connectivity index (χ1n) is 3.20. The van der Waals surface area contributed by atoms with Crippen LogP contribution in [-0.2, 0) is 0 Å². The summed E-state index contributed by atoms with van der Waals surface area (Å²) in [6, 6.07) is 1.26. The Hall–Kier alpha value is -1.08. The van der Waals surface area contributed by atoms with Gasteiger partial charge >= 0.3 is 0 Å². The molecule has 1 aromatic rings. The van der Waals surface area contributed by atoms with Crippen molar-refractivity contribution in [2.45, 2.75) is 0 Å². The van der Waals surface area contributed by atoms with Crippen LogP contribution in [0.4, 0.5) is 10.2 Å². The number of aromatic nitrogens is 1. The molecule has 62 valence electrons. The molecule has 0 aromatic carbocycles. The topological polar surface area (TPSA) is 38.9 Å². The smallest absolute Gasteiger partial charge is 0.166 e. The SMILES string of the molecule is Nc1ncc(C#CCBr)cc1F. The van der Waals surface area contributed by atoms with Gasteiger partial charge in [-0.05, 0) is 6.07 Å².